The molecule has 0 aliphatic carbocycles. The number of pyridine rings is 2. The van der Waals surface area contributed by atoms with E-state index < -0.39 is 12.0 Å². The van der Waals surface area contributed by atoms with Gasteiger partial charge in [0.05, 0.1) is 18.4 Å². The molecular formula is C15H9ClN6O3. The largest absolute Gasteiger partial charge is 0.411 e. The van der Waals surface area contributed by atoms with Gasteiger partial charge in [0.1, 0.15) is 11.0 Å². The van der Waals surface area contributed by atoms with Crippen molar-refractivity contribution in [3.63, 3.8) is 0 Å². The summed E-state index contributed by atoms with van der Waals surface area (Å²) < 4.78 is 4.65. The minimum atomic E-state index is -1.03. The van der Waals surface area contributed by atoms with E-state index in [1.165, 1.54) is 11.1 Å². The Morgan fingerprint density at radius 1 is 1.20 bits per heavy atom. The van der Waals surface area contributed by atoms with E-state index in [-0.39, 0.29) is 18.1 Å². The molecule has 0 fully saturated rings. The summed E-state index contributed by atoms with van der Waals surface area (Å²) in [5, 5.41) is 1.11. The first kappa shape index (κ1) is 15.2. The SMILES string of the molecule is NC(=O)Oc1cnc2c(n1)C(=O)N(c1ccc3ccc(Cl)nc3n1)C2. The first-order chi connectivity index (χ1) is 12.0. The smallest absolute Gasteiger partial charge is 0.390 e. The Hall–Kier alpha value is -3.33. The van der Waals surface area contributed by atoms with Gasteiger partial charge in [0.2, 0.25) is 5.88 Å². The second-order valence-corrected chi connectivity index (χ2v) is 5.55. The second-order valence-electron chi connectivity index (χ2n) is 5.17. The third kappa shape index (κ3) is 2.70. The Labute approximate surface area is 145 Å². The zero-order chi connectivity index (χ0) is 17.6. The van der Waals surface area contributed by atoms with E-state index in [4.69, 9.17) is 17.3 Å². The van der Waals surface area contributed by atoms with E-state index in [0.717, 1.165) is 5.39 Å². The molecule has 3 aromatic heterocycles. The van der Waals surface area contributed by atoms with Gasteiger partial charge in [0, 0.05) is 5.39 Å². The molecule has 0 spiro atoms. The molecule has 3 aromatic rings. The quantitative estimate of drug-likeness (QED) is 0.692. The molecular weight excluding hydrogens is 348 g/mol. The van der Waals surface area contributed by atoms with Gasteiger partial charge in [-0.2, -0.15) is 0 Å². The van der Waals surface area contributed by atoms with Gasteiger partial charge in [-0.15, -0.1) is 0 Å². The normalized spacial score (nSPS) is 13.2. The summed E-state index contributed by atoms with van der Waals surface area (Å²) in [6.07, 6.45) is 0.200. The third-order valence-electron chi connectivity index (χ3n) is 3.57. The van der Waals surface area contributed by atoms with Gasteiger partial charge in [0.15, 0.2) is 11.3 Å². The molecule has 4 rings (SSSR count). The van der Waals surface area contributed by atoms with Gasteiger partial charge in [-0.1, -0.05) is 11.6 Å². The summed E-state index contributed by atoms with van der Waals surface area (Å²) >= 11 is 5.89. The van der Waals surface area contributed by atoms with Crippen LogP contribution in [0.25, 0.3) is 11.0 Å². The lowest BCUT2D eigenvalue weighted by atomic mass is 10.3. The van der Waals surface area contributed by atoms with Crippen LogP contribution >= 0.6 is 11.6 Å². The minimum Gasteiger partial charge on any atom is -0.390 e. The molecule has 124 valence electrons. The summed E-state index contributed by atoms with van der Waals surface area (Å²) in [4.78, 5) is 41.4. The molecule has 2 amide bonds. The van der Waals surface area contributed by atoms with Gasteiger partial charge in [0.25, 0.3) is 5.91 Å². The van der Waals surface area contributed by atoms with Crippen molar-refractivity contribution in [3.8, 4) is 5.88 Å². The second kappa shape index (κ2) is 5.64. The monoisotopic (exact) mass is 356 g/mol. The van der Waals surface area contributed by atoms with Crippen molar-refractivity contribution in [1.29, 1.82) is 0 Å². The lowest BCUT2D eigenvalue weighted by molar-refractivity contribution is 0.0990. The van der Waals surface area contributed by atoms with Crippen molar-refractivity contribution >= 4 is 40.5 Å². The first-order valence-electron chi connectivity index (χ1n) is 7.09. The fourth-order valence-corrected chi connectivity index (χ4v) is 2.63. The number of halogens is 1. The fraction of sp³-hybridized carbons (Fsp3) is 0.0667. The summed E-state index contributed by atoms with van der Waals surface area (Å²) in [5.74, 6) is -0.155. The summed E-state index contributed by atoms with van der Waals surface area (Å²) in [6.45, 7) is 0.192. The molecule has 10 heteroatoms. The number of carbonyl (C=O) groups is 2. The lowest BCUT2D eigenvalue weighted by Gasteiger charge is -2.14. The molecule has 1 aliphatic rings. The summed E-state index contributed by atoms with van der Waals surface area (Å²) in [6, 6.07) is 6.94. The summed E-state index contributed by atoms with van der Waals surface area (Å²) in [5.41, 5.74) is 5.89. The number of anilines is 1. The zero-order valence-electron chi connectivity index (χ0n) is 12.5. The predicted octanol–water partition coefficient (Wildman–Crippen LogP) is 1.69. The number of carbonyl (C=O) groups excluding carboxylic acids is 2. The van der Waals surface area contributed by atoms with E-state index in [1.54, 1.807) is 24.3 Å². The Morgan fingerprint density at radius 2 is 2.00 bits per heavy atom. The molecule has 0 unspecified atom stereocenters. The number of primary amides is 1. The molecule has 9 nitrogen and oxygen atoms in total. The fourth-order valence-electron chi connectivity index (χ4n) is 2.49. The number of hydrogen-bond acceptors (Lipinski definition) is 7. The maximum Gasteiger partial charge on any atom is 0.411 e. The topological polar surface area (TPSA) is 124 Å². The van der Waals surface area contributed by atoms with Crippen molar-refractivity contribution < 1.29 is 14.3 Å². The van der Waals surface area contributed by atoms with Crippen LogP contribution in [0.3, 0.4) is 0 Å². The highest BCUT2D eigenvalue weighted by Crippen LogP contribution is 2.27. The molecule has 0 aromatic carbocycles. The number of hydrogen-bond donors (Lipinski definition) is 1. The van der Waals surface area contributed by atoms with Crippen LogP contribution in [-0.2, 0) is 6.54 Å². The van der Waals surface area contributed by atoms with Gasteiger partial charge in [-0.05, 0) is 24.3 Å². The molecule has 25 heavy (non-hydrogen) atoms. The maximum atomic E-state index is 12.6. The Kier molecular flexibility index (Phi) is 3.43. The van der Waals surface area contributed by atoms with Crippen LogP contribution in [0, 0.1) is 0 Å². The number of aromatic nitrogens is 4. The van der Waals surface area contributed by atoms with Crippen molar-refractivity contribution in [3.05, 3.63) is 47.0 Å². The van der Waals surface area contributed by atoms with Crippen molar-refractivity contribution in [2.24, 2.45) is 5.73 Å². The van der Waals surface area contributed by atoms with Crippen LogP contribution in [0.5, 0.6) is 5.88 Å². The van der Waals surface area contributed by atoms with Crippen molar-refractivity contribution in [2.75, 3.05) is 4.90 Å². The highest BCUT2D eigenvalue weighted by Gasteiger charge is 2.33. The van der Waals surface area contributed by atoms with Crippen LogP contribution < -0.4 is 15.4 Å². The van der Waals surface area contributed by atoms with Crippen LogP contribution in [-0.4, -0.2) is 31.9 Å². The van der Waals surface area contributed by atoms with Crippen molar-refractivity contribution in [1.82, 2.24) is 19.9 Å². The Bertz CT molecular complexity index is 1040. The molecule has 0 bridgehead atoms. The molecule has 0 radical (unpaired) electrons. The molecule has 0 atom stereocenters. The molecule has 4 heterocycles. The van der Waals surface area contributed by atoms with E-state index >= 15 is 0 Å². The summed E-state index contributed by atoms with van der Waals surface area (Å²) in [7, 11) is 0. The van der Waals surface area contributed by atoms with Crippen LogP contribution in [0.1, 0.15) is 16.2 Å². The molecule has 2 N–H and O–H groups in total. The number of nitrogens with zero attached hydrogens (tertiary/aromatic N) is 5. The number of fused-ring (bicyclic) bond motifs is 2. The average molecular weight is 357 g/mol. The van der Waals surface area contributed by atoms with E-state index in [9.17, 15) is 9.59 Å². The van der Waals surface area contributed by atoms with Crippen LogP contribution in [0.2, 0.25) is 5.15 Å². The number of amides is 2. The average Bonchev–Trinajstić information content (AvgIpc) is 2.90. The van der Waals surface area contributed by atoms with E-state index in [0.29, 0.717) is 22.3 Å². The number of ether oxygens (including phenoxy) is 1. The highest BCUT2D eigenvalue weighted by molar-refractivity contribution is 6.29. The van der Waals surface area contributed by atoms with Crippen molar-refractivity contribution in [2.45, 2.75) is 6.54 Å². The zero-order valence-corrected chi connectivity index (χ0v) is 13.3. The van der Waals surface area contributed by atoms with Crippen LogP contribution in [0.4, 0.5) is 10.6 Å². The van der Waals surface area contributed by atoms with E-state index in [2.05, 4.69) is 24.7 Å². The maximum absolute atomic E-state index is 12.6. The molecule has 1 aliphatic heterocycles. The minimum absolute atomic E-state index is 0.0831. The lowest BCUT2D eigenvalue weighted by Crippen LogP contribution is -2.24. The standard InChI is InChI=1S/C15H9ClN6O3/c16-9-3-1-7-2-4-10(20-13(7)19-9)22-6-8-12(14(22)23)21-11(5-18-8)25-15(17)24/h1-5H,6H2,(H2,17,24). The molecule has 0 saturated heterocycles. The predicted molar refractivity (Wildman–Crippen MR) is 87.3 cm³/mol. The van der Waals surface area contributed by atoms with Gasteiger partial charge >= 0.3 is 6.09 Å². The van der Waals surface area contributed by atoms with E-state index in [1.807, 2.05) is 0 Å². The number of nitrogens with two attached hydrogens (primary N) is 1. The van der Waals surface area contributed by atoms with Gasteiger partial charge in [-0.25, -0.2) is 19.7 Å². The third-order valence-corrected chi connectivity index (χ3v) is 3.78. The Balaban J connectivity index is 1.70. The van der Waals surface area contributed by atoms with Gasteiger partial charge in [-0.3, -0.25) is 14.7 Å². The highest BCUT2D eigenvalue weighted by atomic mass is 35.5. The molecule has 0 saturated carbocycles. The first-order valence-corrected chi connectivity index (χ1v) is 7.47. The van der Waals surface area contributed by atoms with Crippen LogP contribution in [0.15, 0.2) is 30.5 Å². The Morgan fingerprint density at radius 3 is 2.80 bits per heavy atom. The van der Waals surface area contributed by atoms with Gasteiger partial charge < -0.3 is 10.5 Å². The number of rotatable bonds is 2.